The zero-order chi connectivity index (χ0) is 17.7. The summed E-state index contributed by atoms with van der Waals surface area (Å²) in [6.45, 7) is 2.31. The minimum absolute atomic E-state index is 0.0629. The normalized spacial score (nSPS) is 22.5. The summed E-state index contributed by atoms with van der Waals surface area (Å²) >= 11 is 0. The summed E-state index contributed by atoms with van der Waals surface area (Å²) in [5, 5.41) is 2.84. The standard InChI is InChI=1S/C18H26N2O4S/c21-18(19-14-16-8-6-12-24-16)15-7-5-9-17(13-15)25(22,23)20-10-3-1-2-4-11-20/h5,7,9,13,16H,1-4,6,8,10-12,14H2,(H,19,21)/t16-/m0/s1. The number of benzene rings is 1. The highest BCUT2D eigenvalue weighted by molar-refractivity contribution is 7.89. The van der Waals surface area contributed by atoms with Crippen LogP contribution in [0, 0.1) is 0 Å². The Labute approximate surface area is 149 Å². The van der Waals surface area contributed by atoms with Crippen LogP contribution >= 0.6 is 0 Å². The number of hydrogen-bond donors (Lipinski definition) is 1. The molecular weight excluding hydrogens is 340 g/mol. The number of nitrogens with zero attached hydrogens (tertiary/aromatic N) is 1. The average molecular weight is 366 g/mol. The first-order valence-electron chi connectivity index (χ1n) is 9.07. The van der Waals surface area contributed by atoms with E-state index in [-0.39, 0.29) is 16.9 Å². The molecule has 2 fully saturated rings. The average Bonchev–Trinajstić information content (AvgIpc) is 2.99. The maximum atomic E-state index is 12.9. The number of nitrogens with one attached hydrogen (secondary N) is 1. The fourth-order valence-electron chi connectivity index (χ4n) is 3.34. The smallest absolute Gasteiger partial charge is 0.251 e. The number of sulfonamides is 1. The molecule has 7 heteroatoms. The second kappa shape index (κ2) is 8.29. The van der Waals surface area contributed by atoms with E-state index in [0.717, 1.165) is 45.1 Å². The summed E-state index contributed by atoms with van der Waals surface area (Å²) in [4.78, 5) is 12.5. The van der Waals surface area contributed by atoms with Crippen LogP contribution in [-0.2, 0) is 14.8 Å². The Kier molecular flexibility index (Phi) is 6.09. The third-order valence-electron chi connectivity index (χ3n) is 4.81. The second-order valence-corrected chi connectivity index (χ2v) is 8.63. The van der Waals surface area contributed by atoms with Crippen molar-refractivity contribution in [2.24, 2.45) is 0 Å². The molecule has 2 saturated heterocycles. The summed E-state index contributed by atoms with van der Waals surface area (Å²) in [7, 11) is -3.54. The first-order chi connectivity index (χ1) is 12.1. The van der Waals surface area contributed by atoms with Gasteiger partial charge in [0.2, 0.25) is 10.0 Å². The summed E-state index contributed by atoms with van der Waals surface area (Å²) in [6.07, 6.45) is 5.94. The van der Waals surface area contributed by atoms with Gasteiger partial charge < -0.3 is 10.1 Å². The molecule has 0 unspecified atom stereocenters. The predicted molar refractivity (Wildman–Crippen MR) is 95.0 cm³/mol. The van der Waals surface area contributed by atoms with Gasteiger partial charge in [-0.3, -0.25) is 4.79 Å². The lowest BCUT2D eigenvalue weighted by Gasteiger charge is -2.20. The van der Waals surface area contributed by atoms with E-state index in [4.69, 9.17) is 4.74 Å². The molecule has 0 radical (unpaired) electrons. The topological polar surface area (TPSA) is 75.7 Å². The SMILES string of the molecule is O=C(NC[C@@H]1CCCO1)c1cccc(S(=O)(=O)N2CCCCCC2)c1. The number of carbonyl (C=O) groups excluding carboxylic acids is 1. The van der Waals surface area contributed by atoms with Crippen molar-refractivity contribution in [3.63, 3.8) is 0 Å². The molecule has 2 aliphatic rings. The molecule has 0 saturated carbocycles. The van der Waals surface area contributed by atoms with E-state index in [1.165, 1.54) is 6.07 Å². The molecule has 25 heavy (non-hydrogen) atoms. The number of hydrogen-bond acceptors (Lipinski definition) is 4. The maximum Gasteiger partial charge on any atom is 0.251 e. The van der Waals surface area contributed by atoms with E-state index < -0.39 is 10.0 Å². The van der Waals surface area contributed by atoms with E-state index in [1.54, 1.807) is 22.5 Å². The predicted octanol–water partition coefficient (Wildman–Crippen LogP) is 2.16. The third-order valence-corrected chi connectivity index (χ3v) is 6.71. The van der Waals surface area contributed by atoms with Crippen LogP contribution < -0.4 is 5.32 Å². The van der Waals surface area contributed by atoms with Crippen LogP contribution in [0.3, 0.4) is 0 Å². The van der Waals surface area contributed by atoms with Gasteiger partial charge in [-0.1, -0.05) is 18.9 Å². The Balaban J connectivity index is 1.70. The number of ether oxygens (including phenoxy) is 1. The largest absolute Gasteiger partial charge is 0.376 e. The van der Waals surface area contributed by atoms with Gasteiger partial charge in [-0.05, 0) is 43.9 Å². The third kappa shape index (κ3) is 4.59. The van der Waals surface area contributed by atoms with Crippen LogP contribution in [0.15, 0.2) is 29.2 Å². The summed E-state index contributed by atoms with van der Waals surface area (Å²) in [6, 6.07) is 6.32. The number of carbonyl (C=O) groups is 1. The van der Waals surface area contributed by atoms with Crippen molar-refractivity contribution in [2.75, 3.05) is 26.2 Å². The zero-order valence-corrected chi connectivity index (χ0v) is 15.3. The lowest BCUT2D eigenvalue weighted by atomic mass is 10.2. The highest BCUT2D eigenvalue weighted by Crippen LogP contribution is 2.21. The van der Waals surface area contributed by atoms with Crippen LogP contribution in [0.25, 0.3) is 0 Å². The molecule has 0 aliphatic carbocycles. The molecule has 1 aromatic carbocycles. The van der Waals surface area contributed by atoms with Gasteiger partial charge in [0, 0.05) is 31.8 Å². The highest BCUT2D eigenvalue weighted by Gasteiger charge is 2.26. The van der Waals surface area contributed by atoms with Gasteiger partial charge in [0.05, 0.1) is 11.0 Å². The van der Waals surface area contributed by atoms with Crippen molar-refractivity contribution in [2.45, 2.75) is 49.5 Å². The van der Waals surface area contributed by atoms with Crippen LogP contribution in [0.1, 0.15) is 48.9 Å². The van der Waals surface area contributed by atoms with Gasteiger partial charge in [-0.2, -0.15) is 4.31 Å². The molecule has 2 aliphatic heterocycles. The number of amides is 1. The fourth-order valence-corrected chi connectivity index (χ4v) is 4.91. The second-order valence-electron chi connectivity index (χ2n) is 6.69. The van der Waals surface area contributed by atoms with Crippen molar-refractivity contribution in [1.82, 2.24) is 9.62 Å². The monoisotopic (exact) mass is 366 g/mol. The summed E-state index contributed by atoms with van der Waals surface area (Å²) < 4.78 is 32.7. The molecule has 1 aromatic rings. The van der Waals surface area contributed by atoms with Gasteiger partial charge >= 0.3 is 0 Å². The van der Waals surface area contributed by atoms with Gasteiger partial charge in [0.25, 0.3) is 5.91 Å². The molecule has 0 aromatic heterocycles. The van der Waals surface area contributed by atoms with Crippen LogP contribution in [0.2, 0.25) is 0 Å². The van der Waals surface area contributed by atoms with Gasteiger partial charge in [0.1, 0.15) is 0 Å². The van der Waals surface area contributed by atoms with E-state index in [1.807, 2.05) is 0 Å². The minimum atomic E-state index is -3.54. The lowest BCUT2D eigenvalue weighted by Crippen LogP contribution is -2.33. The quantitative estimate of drug-likeness (QED) is 0.866. The zero-order valence-electron chi connectivity index (χ0n) is 14.4. The van der Waals surface area contributed by atoms with Crippen LogP contribution in [0.5, 0.6) is 0 Å². The molecule has 0 spiro atoms. The lowest BCUT2D eigenvalue weighted by molar-refractivity contribution is 0.0857. The van der Waals surface area contributed by atoms with Crippen molar-refractivity contribution in [3.05, 3.63) is 29.8 Å². The van der Waals surface area contributed by atoms with E-state index in [2.05, 4.69) is 5.32 Å². The Bertz CT molecular complexity index is 691. The summed E-state index contributed by atoms with van der Waals surface area (Å²) in [5.41, 5.74) is 0.369. The van der Waals surface area contributed by atoms with Gasteiger partial charge in [-0.15, -0.1) is 0 Å². The molecule has 3 rings (SSSR count). The first-order valence-corrected chi connectivity index (χ1v) is 10.5. The molecule has 0 bridgehead atoms. The minimum Gasteiger partial charge on any atom is -0.376 e. The van der Waals surface area contributed by atoms with Crippen LogP contribution in [-0.4, -0.2) is 51.0 Å². The Morgan fingerprint density at radius 3 is 2.60 bits per heavy atom. The fraction of sp³-hybridized carbons (Fsp3) is 0.611. The molecule has 1 N–H and O–H groups in total. The van der Waals surface area contributed by atoms with Gasteiger partial charge in [-0.25, -0.2) is 8.42 Å². The van der Waals surface area contributed by atoms with Crippen molar-refractivity contribution >= 4 is 15.9 Å². The Morgan fingerprint density at radius 1 is 1.16 bits per heavy atom. The summed E-state index contributed by atoms with van der Waals surface area (Å²) in [5.74, 6) is -0.261. The van der Waals surface area contributed by atoms with Crippen molar-refractivity contribution in [3.8, 4) is 0 Å². The van der Waals surface area contributed by atoms with Gasteiger partial charge in [0.15, 0.2) is 0 Å². The maximum absolute atomic E-state index is 12.9. The molecule has 138 valence electrons. The Hall–Kier alpha value is -1.44. The first kappa shape index (κ1) is 18.4. The molecule has 1 amide bonds. The Morgan fingerprint density at radius 2 is 1.92 bits per heavy atom. The molecule has 2 heterocycles. The molecular formula is C18H26N2O4S. The van der Waals surface area contributed by atoms with Crippen LogP contribution in [0.4, 0.5) is 0 Å². The molecule has 1 atom stereocenters. The van der Waals surface area contributed by atoms with E-state index in [0.29, 0.717) is 25.2 Å². The van der Waals surface area contributed by atoms with Crippen molar-refractivity contribution < 1.29 is 17.9 Å². The van der Waals surface area contributed by atoms with E-state index >= 15 is 0 Å². The van der Waals surface area contributed by atoms with Crippen molar-refractivity contribution in [1.29, 1.82) is 0 Å². The van der Waals surface area contributed by atoms with E-state index in [9.17, 15) is 13.2 Å². The highest BCUT2D eigenvalue weighted by atomic mass is 32.2. The number of rotatable bonds is 5. The molecule has 6 nitrogen and oxygen atoms in total.